The number of halogens is 1. The molecular weight excluding hydrogens is 339 g/mol. The van der Waals surface area contributed by atoms with Crippen molar-refractivity contribution in [1.29, 1.82) is 0 Å². The van der Waals surface area contributed by atoms with E-state index in [2.05, 4.69) is 27.8 Å². The van der Waals surface area contributed by atoms with Gasteiger partial charge in [-0.1, -0.05) is 30.3 Å². The molecule has 0 spiro atoms. The number of rotatable bonds is 5. The van der Waals surface area contributed by atoms with Crippen LogP contribution in [0.4, 0.5) is 10.1 Å². The molecule has 3 aromatic carbocycles. The van der Waals surface area contributed by atoms with Gasteiger partial charge in [-0.25, -0.2) is 4.39 Å². The van der Waals surface area contributed by atoms with Crippen LogP contribution in [0.15, 0.2) is 84.0 Å². The van der Waals surface area contributed by atoms with E-state index in [9.17, 15) is 4.39 Å². The Kier molecular flexibility index (Phi) is 4.71. The van der Waals surface area contributed by atoms with Crippen molar-refractivity contribution in [2.75, 3.05) is 7.11 Å². The lowest BCUT2D eigenvalue weighted by Gasteiger charge is -2.06. The molecule has 0 radical (unpaired) electrons. The molecule has 0 N–H and O–H groups in total. The molecule has 3 nitrogen and oxygen atoms in total. The highest BCUT2D eigenvalue weighted by atomic mass is 19.1. The predicted molar refractivity (Wildman–Crippen MR) is 108 cm³/mol. The second kappa shape index (κ2) is 7.46. The fourth-order valence-corrected chi connectivity index (χ4v) is 3.15. The molecular formula is C23H19FN2O. The highest BCUT2D eigenvalue weighted by Crippen LogP contribution is 2.26. The topological polar surface area (TPSA) is 26.5 Å². The van der Waals surface area contributed by atoms with E-state index in [1.54, 1.807) is 19.2 Å². The summed E-state index contributed by atoms with van der Waals surface area (Å²) in [6.45, 7) is 0.635. The van der Waals surface area contributed by atoms with Gasteiger partial charge in [0.1, 0.15) is 17.3 Å². The Labute approximate surface area is 157 Å². The molecule has 1 heterocycles. The molecule has 134 valence electrons. The third-order valence-corrected chi connectivity index (χ3v) is 4.47. The molecule has 1 aromatic heterocycles. The Morgan fingerprint density at radius 3 is 2.74 bits per heavy atom. The molecule has 0 fully saturated rings. The van der Waals surface area contributed by atoms with Gasteiger partial charge in [0.05, 0.1) is 7.11 Å². The summed E-state index contributed by atoms with van der Waals surface area (Å²) in [4.78, 5) is 4.54. The van der Waals surface area contributed by atoms with E-state index in [1.165, 1.54) is 6.07 Å². The van der Waals surface area contributed by atoms with Gasteiger partial charge in [0.15, 0.2) is 0 Å². The van der Waals surface area contributed by atoms with Crippen molar-refractivity contribution < 1.29 is 9.13 Å². The van der Waals surface area contributed by atoms with Gasteiger partial charge in [0, 0.05) is 29.9 Å². The normalized spacial score (nSPS) is 11.3. The van der Waals surface area contributed by atoms with Crippen LogP contribution in [0.5, 0.6) is 5.75 Å². The third kappa shape index (κ3) is 3.75. The molecule has 27 heavy (non-hydrogen) atoms. The Morgan fingerprint density at radius 1 is 1.00 bits per heavy atom. The van der Waals surface area contributed by atoms with Crippen molar-refractivity contribution in [1.82, 2.24) is 4.57 Å². The lowest BCUT2D eigenvalue weighted by atomic mass is 10.1. The summed E-state index contributed by atoms with van der Waals surface area (Å²) in [5.74, 6) is 0.537. The Bertz CT molecular complexity index is 1110. The number of methoxy groups -OCH3 is 1. The van der Waals surface area contributed by atoms with Crippen molar-refractivity contribution in [2.24, 2.45) is 4.99 Å². The number of hydrogen-bond acceptors (Lipinski definition) is 2. The minimum Gasteiger partial charge on any atom is -0.494 e. The maximum atomic E-state index is 13.4. The second-order valence-corrected chi connectivity index (χ2v) is 6.32. The number of para-hydroxylation sites is 2. The third-order valence-electron chi connectivity index (χ3n) is 4.47. The molecule has 0 aliphatic heterocycles. The van der Waals surface area contributed by atoms with Crippen LogP contribution in [0.1, 0.15) is 11.1 Å². The fraction of sp³-hybridized carbons (Fsp3) is 0.0870. The smallest absolute Gasteiger partial charge is 0.144 e. The standard InChI is InChI=1S/C23H19FN2O/c1-27-23-8-3-2-7-21(23)25-15-17-9-10-22-19(13-17)11-12-26(22)16-18-5-4-6-20(24)14-18/h2-15H,16H2,1H3. The van der Waals surface area contributed by atoms with Crippen molar-refractivity contribution in [3.05, 3.63) is 95.9 Å². The van der Waals surface area contributed by atoms with Gasteiger partial charge in [-0.05, 0) is 53.6 Å². The minimum atomic E-state index is -0.209. The molecule has 0 amide bonds. The molecule has 0 bridgehead atoms. The van der Waals surface area contributed by atoms with Gasteiger partial charge in [-0.15, -0.1) is 0 Å². The van der Waals surface area contributed by atoms with Gasteiger partial charge in [0.25, 0.3) is 0 Å². The van der Waals surface area contributed by atoms with E-state index in [4.69, 9.17) is 4.74 Å². The van der Waals surface area contributed by atoms with Gasteiger partial charge < -0.3 is 9.30 Å². The maximum Gasteiger partial charge on any atom is 0.144 e. The molecule has 0 unspecified atom stereocenters. The first-order valence-electron chi connectivity index (χ1n) is 8.73. The Hall–Kier alpha value is -3.40. The van der Waals surface area contributed by atoms with Crippen molar-refractivity contribution in [3.8, 4) is 5.75 Å². The molecule has 0 atom stereocenters. The quantitative estimate of drug-likeness (QED) is 0.427. The van der Waals surface area contributed by atoms with E-state index >= 15 is 0 Å². The number of ether oxygens (including phenoxy) is 1. The lowest BCUT2D eigenvalue weighted by molar-refractivity contribution is 0.416. The molecule has 0 aliphatic carbocycles. The van der Waals surface area contributed by atoms with E-state index in [0.29, 0.717) is 6.54 Å². The summed E-state index contributed by atoms with van der Waals surface area (Å²) in [7, 11) is 1.64. The van der Waals surface area contributed by atoms with Crippen LogP contribution in [0.25, 0.3) is 10.9 Å². The molecule has 0 saturated carbocycles. The summed E-state index contributed by atoms with van der Waals surface area (Å²) in [6.07, 6.45) is 3.86. The largest absolute Gasteiger partial charge is 0.494 e. The van der Waals surface area contributed by atoms with Gasteiger partial charge in [-0.3, -0.25) is 4.99 Å². The molecule has 0 saturated heterocycles. The zero-order chi connectivity index (χ0) is 18.6. The van der Waals surface area contributed by atoms with Crippen molar-refractivity contribution in [3.63, 3.8) is 0 Å². The monoisotopic (exact) mass is 358 g/mol. The highest BCUT2D eigenvalue weighted by Gasteiger charge is 2.04. The van der Waals surface area contributed by atoms with Crippen molar-refractivity contribution >= 4 is 22.8 Å². The minimum absolute atomic E-state index is 0.209. The number of nitrogens with zero attached hydrogens (tertiary/aromatic N) is 2. The summed E-state index contributed by atoms with van der Waals surface area (Å²) in [5.41, 5.74) is 3.85. The van der Waals surface area contributed by atoms with Gasteiger partial charge >= 0.3 is 0 Å². The fourth-order valence-electron chi connectivity index (χ4n) is 3.15. The number of aliphatic imine (C=N–C) groups is 1. The lowest BCUT2D eigenvalue weighted by Crippen LogP contribution is -1.98. The van der Waals surface area contributed by atoms with E-state index in [-0.39, 0.29) is 5.82 Å². The van der Waals surface area contributed by atoms with Gasteiger partial charge in [-0.2, -0.15) is 0 Å². The van der Waals surface area contributed by atoms with Crippen LogP contribution >= 0.6 is 0 Å². The maximum absolute atomic E-state index is 13.4. The van der Waals surface area contributed by atoms with E-state index < -0.39 is 0 Å². The average molecular weight is 358 g/mol. The van der Waals surface area contributed by atoms with E-state index in [1.807, 2.05) is 48.8 Å². The van der Waals surface area contributed by atoms with Crippen LogP contribution in [0, 0.1) is 5.82 Å². The number of hydrogen-bond donors (Lipinski definition) is 0. The SMILES string of the molecule is COc1ccccc1N=Cc1ccc2c(ccn2Cc2cccc(F)c2)c1. The predicted octanol–water partition coefficient (Wildman–Crippen LogP) is 5.59. The van der Waals surface area contributed by atoms with E-state index in [0.717, 1.165) is 33.5 Å². The molecule has 0 aliphatic rings. The number of benzene rings is 3. The van der Waals surface area contributed by atoms with Crippen molar-refractivity contribution in [2.45, 2.75) is 6.54 Å². The Morgan fingerprint density at radius 2 is 1.89 bits per heavy atom. The molecule has 4 rings (SSSR count). The highest BCUT2D eigenvalue weighted by molar-refractivity contribution is 5.90. The second-order valence-electron chi connectivity index (χ2n) is 6.32. The summed E-state index contributed by atoms with van der Waals surface area (Å²) >= 11 is 0. The van der Waals surface area contributed by atoms with Crippen LogP contribution in [-0.2, 0) is 6.54 Å². The molecule has 4 heteroatoms. The average Bonchev–Trinajstić information content (AvgIpc) is 3.08. The number of aromatic nitrogens is 1. The zero-order valence-electron chi connectivity index (χ0n) is 15.0. The van der Waals surface area contributed by atoms with Crippen LogP contribution < -0.4 is 4.74 Å². The first-order chi connectivity index (χ1) is 13.2. The zero-order valence-corrected chi connectivity index (χ0v) is 15.0. The van der Waals surface area contributed by atoms with Gasteiger partial charge in [0.2, 0.25) is 0 Å². The van der Waals surface area contributed by atoms with Crippen LogP contribution in [0.3, 0.4) is 0 Å². The molecule has 4 aromatic rings. The first kappa shape index (κ1) is 17.0. The van der Waals surface area contributed by atoms with Crippen LogP contribution in [-0.4, -0.2) is 17.9 Å². The van der Waals surface area contributed by atoms with Crippen LogP contribution in [0.2, 0.25) is 0 Å². The summed E-state index contributed by atoms with van der Waals surface area (Å²) < 4.78 is 20.9. The first-order valence-corrected chi connectivity index (χ1v) is 8.73. The summed E-state index contributed by atoms with van der Waals surface area (Å²) in [6, 6.07) is 22.6. The number of fused-ring (bicyclic) bond motifs is 1. The Balaban J connectivity index is 1.59. The summed E-state index contributed by atoms with van der Waals surface area (Å²) in [5, 5.41) is 1.12.